The van der Waals surface area contributed by atoms with Crippen molar-refractivity contribution in [1.29, 1.82) is 0 Å². The first-order chi connectivity index (χ1) is 12.8. The van der Waals surface area contributed by atoms with E-state index in [1.807, 2.05) is 0 Å². The molecule has 1 atom stereocenters. The zero-order valence-electron chi connectivity index (χ0n) is 17.6. The number of nitrogens with one attached hydrogen (secondary N) is 2. The number of guanidine groups is 1. The fourth-order valence-corrected chi connectivity index (χ4v) is 4.51. The van der Waals surface area contributed by atoms with E-state index in [-0.39, 0.29) is 30.6 Å². The molecule has 27 heavy (non-hydrogen) atoms. The molecule has 5 nitrogen and oxygen atoms in total. The summed E-state index contributed by atoms with van der Waals surface area (Å²) in [6.45, 7) is 8.76. The van der Waals surface area contributed by atoms with Gasteiger partial charge in [-0.3, -0.25) is 4.99 Å². The quantitative estimate of drug-likeness (QED) is 0.260. The Balaban J connectivity index is 0.00000364. The van der Waals surface area contributed by atoms with Crippen LogP contribution in [0.25, 0.3) is 0 Å². The molecule has 6 heteroatoms. The summed E-state index contributed by atoms with van der Waals surface area (Å²) in [6.07, 6.45) is 12.7. The number of hydrogen-bond acceptors (Lipinski definition) is 3. The zero-order chi connectivity index (χ0) is 18.6. The van der Waals surface area contributed by atoms with Crippen LogP contribution < -0.4 is 10.6 Å². The van der Waals surface area contributed by atoms with Gasteiger partial charge in [0.15, 0.2) is 5.96 Å². The number of aliphatic hydroxyl groups is 1. The third kappa shape index (κ3) is 9.31. The minimum Gasteiger partial charge on any atom is -0.396 e. The lowest BCUT2D eigenvalue weighted by Crippen LogP contribution is -2.51. The molecule has 1 saturated carbocycles. The monoisotopic (exact) mass is 494 g/mol. The van der Waals surface area contributed by atoms with Crippen molar-refractivity contribution in [2.45, 2.75) is 90.1 Å². The largest absolute Gasteiger partial charge is 0.396 e. The Labute approximate surface area is 184 Å². The predicted molar refractivity (Wildman–Crippen MR) is 126 cm³/mol. The molecule has 2 rings (SSSR count). The molecule has 0 aromatic heterocycles. The van der Waals surface area contributed by atoms with E-state index in [0.717, 1.165) is 44.4 Å². The molecule has 0 radical (unpaired) electrons. The lowest BCUT2D eigenvalue weighted by atomic mass is 9.92. The molecule has 160 valence electrons. The second-order valence-corrected chi connectivity index (χ2v) is 8.13. The van der Waals surface area contributed by atoms with Gasteiger partial charge < -0.3 is 20.6 Å². The smallest absolute Gasteiger partial charge is 0.191 e. The van der Waals surface area contributed by atoms with E-state index in [1.54, 1.807) is 0 Å². The lowest BCUT2D eigenvalue weighted by Gasteiger charge is -2.39. The molecule has 2 aliphatic rings. The third-order valence-corrected chi connectivity index (χ3v) is 6.05. The Bertz CT molecular complexity index is 388. The van der Waals surface area contributed by atoms with E-state index in [1.165, 1.54) is 58.0 Å². The Morgan fingerprint density at radius 2 is 1.78 bits per heavy atom. The average molecular weight is 495 g/mol. The maximum Gasteiger partial charge on any atom is 0.191 e. The number of hydrogen-bond donors (Lipinski definition) is 3. The van der Waals surface area contributed by atoms with E-state index >= 15 is 0 Å². The van der Waals surface area contributed by atoms with Crippen molar-refractivity contribution in [2.75, 3.05) is 32.8 Å². The molecule has 3 N–H and O–H groups in total. The normalized spacial score (nSPS) is 21.5. The molecule has 1 aliphatic carbocycles. The number of rotatable bonds is 9. The van der Waals surface area contributed by atoms with Crippen LogP contribution in [0.4, 0.5) is 0 Å². The van der Waals surface area contributed by atoms with Crippen molar-refractivity contribution in [1.82, 2.24) is 15.5 Å². The Morgan fingerprint density at radius 3 is 2.37 bits per heavy atom. The molecule has 1 saturated heterocycles. The van der Waals surface area contributed by atoms with Gasteiger partial charge in [0.1, 0.15) is 0 Å². The number of aliphatic hydroxyl groups excluding tert-OH is 1. The Hall–Kier alpha value is -0.0800. The number of aliphatic imine (C=N–C) groups is 1. The highest BCUT2D eigenvalue weighted by Crippen LogP contribution is 2.25. The highest BCUT2D eigenvalue weighted by Gasteiger charge is 2.26. The first-order valence-electron chi connectivity index (χ1n) is 11.2. The predicted octanol–water partition coefficient (Wildman–Crippen LogP) is 3.76. The van der Waals surface area contributed by atoms with Gasteiger partial charge in [-0.15, -0.1) is 24.0 Å². The van der Waals surface area contributed by atoms with Crippen LogP contribution in [0.15, 0.2) is 4.99 Å². The van der Waals surface area contributed by atoms with Crippen molar-refractivity contribution < 1.29 is 5.11 Å². The average Bonchev–Trinajstić information content (AvgIpc) is 2.68. The number of halogens is 1. The van der Waals surface area contributed by atoms with E-state index in [4.69, 9.17) is 4.99 Å². The van der Waals surface area contributed by atoms with E-state index in [0.29, 0.717) is 12.0 Å². The van der Waals surface area contributed by atoms with Gasteiger partial charge in [0, 0.05) is 44.9 Å². The lowest BCUT2D eigenvalue weighted by molar-refractivity contribution is 0.119. The van der Waals surface area contributed by atoms with Gasteiger partial charge >= 0.3 is 0 Å². The standard InChI is InChI=1S/C21H42N4O.HI/c1-3-8-18(13-16-26)17-23-21(22-4-2)24-19-11-14-25(15-12-19)20-9-6-5-7-10-20;/h18-20,26H,3-17H2,1-2H3,(H2,22,23,24);1H. The molecule has 1 heterocycles. The van der Waals surface area contributed by atoms with Crippen molar-refractivity contribution >= 4 is 29.9 Å². The molecule has 0 aromatic rings. The molecule has 0 bridgehead atoms. The topological polar surface area (TPSA) is 59.9 Å². The van der Waals surface area contributed by atoms with Crippen molar-refractivity contribution in [3.05, 3.63) is 0 Å². The van der Waals surface area contributed by atoms with Gasteiger partial charge in [0.05, 0.1) is 0 Å². The molecule has 0 aromatic carbocycles. The van der Waals surface area contributed by atoms with Gasteiger partial charge in [0.25, 0.3) is 0 Å². The van der Waals surface area contributed by atoms with E-state index < -0.39 is 0 Å². The fourth-order valence-electron chi connectivity index (χ4n) is 4.51. The maximum atomic E-state index is 9.24. The van der Waals surface area contributed by atoms with Gasteiger partial charge in [-0.1, -0.05) is 32.6 Å². The van der Waals surface area contributed by atoms with Crippen LogP contribution >= 0.6 is 24.0 Å². The van der Waals surface area contributed by atoms with Crippen LogP contribution in [-0.4, -0.2) is 60.8 Å². The second kappa shape index (κ2) is 14.9. The second-order valence-electron chi connectivity index (χ2n) is 8.13. The number of nitrogens with zero attached hydrogens (tertiary/aromatic N) is 2. The van der Waals surface area contributed by atoms with E-state index in [9.17, 15) is 5.11 Å². The van der Waals surface area contributed by atoms with E-state index in [2.05, 4.69) is 29.4 Å². The molecular weight excluding hydrogens is 451 g/mol. The molecule has 0 amide bonds. The number of likely N-dealkylation sites (tertiary alicyclic amines) is 1. The van der Waals surface area contributed by atoms with Gasteiger partial charge in [0.2, 0.25) is 0 Å². The van der Waals surface area contributed by atoms with Crippen LogP contribution in [0.3, 0.4) is 0 Å². The van der Waals surface area contributed by atoms with Gasteiger partial charge in [-0.2, -0.15) is 0 Å². The summed E-state index contributed by atoms with van der Waals surface area (Å²) >= 11 is 0. The van der Waals surface area contributed by atoms with Crippen LogP contribution in [0, 0.1) is 5.92 Å². The van der Waals surface area contributed by atoms with Crippen LogP contribution in [0.2, 0.25) is 0 Å². The van der Waals surface area contributed by atoms with Crippen molar-refractivity contribution in [2.24, 2.45) is 10.9 Å². The Morgan fingerprint density at radius 1 is 1.07 bits per heavy atom. The first kappa shape index (κ1) is 25.0. The summed E-state index contributed by atoms with van der Waals surface area (Å²) in [4.78, 5) is 7.56. The minimum atomic E-state index is 0. The summed E-state index contributed by atoms with van der Waals surface area (Å²) in [5.74, 6) is 1.45. The highest BCUT2D eigenvalue weighted by atomic mass is 127. The summed E-state index contributed by atoms with van der Waals surface area (Å²) in [6, 6.07) is 1.38. The minimum absolute atomic E-state index is 0. The number of piperidine rings is 1. The van der Waals surface area contributed by atoms with Crippen molar-refractivity contribution in [3.63, 3.8) is 0 Å². The summed E-state index contributed by atoms with van der Waals surface area (Å²) < 4.78 is 0. The van der Waals surface area contributed by atoms with Gasteiger partial charge in [-0.25, -0.2) is 0 Å². The Kier molecular flexibility index (Phi) is 13.7. The molecule has 2 fully saturated rings. The summed E-state index contributed by atoms with van der Waals surface area (Å²) in [5, 5.41) is 16.3. The fraction of sp³-hybridized carbons (Fsp3) is 0.952. The maximum absolute atomic E-state index is 9.24. The van der Waals surface area contributed by atoms with Crippen LogP contribution in [0.1, 0.15) is 78.1 Å². The zero-order valence-corrected chi connectivity index (χ0v) is 19.9. The SMILES string of the molecule is CCCC(CCO)CN=C(NCC)NC1CCN(C2CCCCC2)CC1.I. The highest BCUT2D eigenvalue weighted by molar-refractivity contribution is 14.0. The molecular formula is C21H43IN4O. The molecule has 0 spiro atoms. The molecule has 1 unspecified atom stereocenters. The van der Waals surface area contributed by atoms with Crippen molar-refractivity contribution in [3.8, 4) is 0 Å². The third-order valence-electron chi connectivity index (χ3n) is 6.05. The first-order valence-corrected chi connectivity index (χ1v) is 11.2. The summed E-state index contributed by atoms with van der Waals surface area (Å²) in [7, 11) is 0. The summed E-state index contributed by atoms with van der Waals surface area (Å²) in [5.41, 5.74) is 0. The van der Waals surface area contributed by atoms with Crippen LogP contribution in [0.5, 0.6) is 0 Å². The van der Waals surface area contributed by atoms with Crippen LogP contribution in [-0.2, 0) is 0 Å². The molecule has 1 aliphatic heterocycles. The van der Waals surface area contributed by atoms with Gasteiger partial charge in [-0.05, 0) is 51.4 Å².